The van der Waals surface area contributed by atoms with E-state index in [-0.39, 0.29) is 0 Å². The fourth-order valence-electron chi connectivity index (χ4n) is 1.79. The lowest BCUT2D eigenvalue weighted by atomic mass is 10.2. The molecule has 2 rings (SSSR count). The molecule has 0 spiro atoms. The molecule has 0 radical (unpaired) electrons. The Balaban J connectivity index is 2.56. The zero-order chi connectivity index (χ0) is 12.4. The summed E-state index contributed by atoms with van der Waals surface area (Å²) < 4.78 is 2.86. The van der Waals surface area contributed by atoms with Crippen LogP contribution in [0.4, 0.5) is 5.82 Å². The van der Waals surface area contributed by atoms with E-state index in [2.05, 4.69) is 40.1 Å². The van der Waals surface area contributed by atoms with Gasteiger partial charge in [-0.25, -0.2) is 4.68 Å². The van der Waals surface area contributed by atoms with Gasteiger partial charge in [0.1, 0.15) is 0 Å². The molecular weight excluding hydrogens is 280 g/mol. The Kier molecular flexibility index (Phi) is 3.47. The van der Waals surface area contributed by atoms with Crippen LogP contribution in [0.15, 0.2) is 22.7 Å². The Morgan fingerprint density at radius 2 is 2.18 bits per heavy atom. The second kappa shape index (κ2) is 4.87. The Morgan fingerprint density at radius 1 is 1.41 bits per heavy atom. The summed E-state index contributed by atoms with van der Waals surface area (Å²) in [7, 11) is 0. The third-order valence-electron chi connectivity index (χ3n) is 2.68. The first-order valence-electron chi connectivity index (χ1n) is 5.60. The molecule has 0 saturated carbocycles. The standard InChI is InChI=1S/C12H15BrN4/c1-3-4-10-12(14)15-16-17(10)11-7-9(13)6-5-8(11)2/h5-7H,3-4,14H2,1-2H3. The van der Waals surface area contributed by atoms with Crippen LogP contribution >= 0.6 is 15.9 Å². The summed E-state index contributed by atoms with van der Waals surface area (Å²) in [5.74, 6) is 0.520. The number of rotatable bonds is 3. The third kappa shape index (κ3) is 2.34. The van der Waals surface area contributed by atoms with Gasteiger partial charge < -0.3 is 5.73 Å². The topological polar surface area (TPSA) is 56.7 Å². The second-order valence-electron chi connectivity index (χ2n) is 4.01. The van der Waals surface area contributed by atoms with Crippen molar-refractivity contribution in [3.8, 4) is 5.69 Å². The van der Waals surface area contributed by atoms with Gasteiger partial charge in [0.05, 0.1) is 11.4 Å². The molecule has 1 heterocycles. The van der Waals surface area contributed by atoms with Crippen molar-refractivity contribution in [1.29, 1.82) is 0 Å². The lowest BCUT2D eigenvalue weighted by molar-refractivity contribution is 0.742. The number of halogens is 1. The maximum absolute atomic E-state index is 5.85. The molecule has 0 bridgehead atoms. The third-order valence-corrected chi connectivity index (χ3v) is 3.17. The van der Waals surface area contributed by atoms with Crippen LogP contribution in [0.25, 0.3) is 5.69 Å². The number of benzene rings is 1. The molecule has 0 aliphatic carbocycles. The van der Waals surface area contributed by atoms with E-state index < -0.39 is 0 Å². The van der Waals surface area contributed by atoms with Crippen molar-refractivity contribution in [3.63, 3.8) is 0 Å². The minimum absolute atomic E-state index is 0.520. The molecule has 90 valence electrons. The van der Waals surface area contributed by atoms with Crippen molar-refractivity contribution in [3.05, 3.63) is 33.9 Å². The number of hydrogen-bond donors (Lipinski definition) is 1. The largest absolute Gasteiger partial charge is 0.381 e. The van der Waals surface area contributed by atoms with Crippen molar-refractivity contribution in [2.45, 2.75) is 26.7 Å². The molecule has 0 amide bonds. The average molecular weight is 295 g/mol. The van der Waals surface area contributed by atoms with E-state index in [9.17, 15) is 0 Å². The zero-order valence-electron chi connectivity index (χ0n) is 9.94. The Bertz CT molecular complexity index is 533. The first-order valence-corrected chi connectivity index (χ1v) is 6.39. The van der Waals surface area contributed by atoms with Gasteiger partial charge in [0.15, 0.2) is 5.82 Å². The van der Waals surface area contributed by atoms with Crippen LogP contribution in [-0.4, -0.2) is 15.0 Å². The van der Waals surface area contributed by atoms with Crippen LogP contribution in [0, 0.1) is 6.92 Å². The minimum Gasteiger partial charge on any atom is -0.381 e. The number of aromatic nitrogens is 3. The van der Waals surface area contributed by atoms with Crippen molar-refractivity contribution in [2.24, 2.45) is 0 Å². The molecule has 1 aromatic carbocycles. The summed E-state index contributed by atoms with van der Waals surface area (Å²) >= 11 is 3.47. The van der Waals surface area contributed by atoms with Crippen LogP contribution in [0.5, 0.6) is 0 Å². The maximum Gasteiger partial charge on any atom is 0.169 e. The normalized spacial score (nSPS) is 10.8. The predicted octanol–water partition coefficient (Wildman–Crippen LogP) is 2.87. The van der Waals surface area contributed by atoms with Gasteiger partial charge in [0.25, 0.3) is 0 Å². The summed E-state index contributed by atoms with van der Waals surface area (Å²) in [6.45, 7) is 4.17. The van der Waals surface area contributed by atoms with Gasteiger partial charge in [-0.2, -0.15) is 0 Å². The number of hydrogen-bond acceptors (Lipinski definition) is 3. The van der Waals surface area contributed by atoms with Crippen molar-refractivity contribution in [1.82, 2.24) is 15.0 Å². The van der Waals surface area contributed by atoms with Crippen molar-refractivity contribution >= 4 is 21.7 Å². The van der Waals surface area contributed by atoms with Gasteiger partial charge in [-0.1, -0.05) is 40.6 Å². The van der Waals surface area contributed by atoms with Gasteiger partial charge in [-0.05, 0) is 31.0 Å². The average Bonchev–Trinajstić information content (AvgIpc) is 2.65. The Labute approximate surface area is 109 Å². The van der Waals surface area contributed by atoms with E-state index in [0.717, 1.165) is 34.3 Å². The van der Waals surface area contributed by atoms with E-state index >= 15 is 0 Å². The molecule has 0 aliphatic heterocycles. The lowest BCUT2D eigenvalue weighted by Crippen LogP contribution is -2.05. The van der Waals surface area contributed by atoms with Crippen LogP contribution in [0.1, 0.15) is 24.6 Å². The number of nitrogen functional groups attached to an aromatic ring is 1. The summed E-state index contributed by atoms with van der Waals surface area (Å²) in [5.41, 5.74) is 9.00. The lowest BCUT2D eigenvalue weighted by Gasteiger charge is -2.09. The summed E-state index contributed by atoms with van der Waals surface area (Å²) in [4.78, 5) is 0. The van der Waals surface area contributed by atoms with Gasteiger partial charge in [0, 0.05) is 4.47 Å². The Morgan fingerprint density at radius 3 is 2.88 bits per heavy atom. The van der Waals surface area contributed by atoms with E-state index in [1.807, 2.05) is 22.9 Å². The molecule has 2 N–H and O–H groups in total. The molecular formula is C12H15BrN4. The highest BCUT2D eigenvalue weighted by Crippen LogP contribution is 2.22. The van der Waals surface area contributed by atoms with E-state index in [1.165, 1.54) is 0 Å². The van der Waals surface area contributed by atoms with Gasteiger partial charge in [-0.15, -0.1) is 5.10 Å². The number of anilines is 1. The minimum atomic E-state index is 0.520. The molecule has 0 unspecified atom stereocenters. The highest BCUT2D eigenvalue weighted by Gasteiger charge is 2.12. The SMILES string of the molecule is CCCc1c(N)nnn1-c1cc(Br)ccc1C. The van der Waals surface area contributed by atoms with Crippen molar-refractivity contribution < 1.29 is 0 Å². The predicted molar refractivity (Wildman–Crippen MR) is 72.2 cm³/mol. The molecule has 4 nitrogen and oxygen atoms in total. The molecule has 0 atom stereocenters. The smallest absolute Gasteiger partial charge is 0.169 e. The molecule has 1 aromatic heterocycles. The van der Waals surface area contributed by atoms with Gasteiger partial charge >= 0.3 is 0 Å². The van der Waals surface area contributed by atoms with Gasteiger partial charge in [-0.3, -0.25) is 0 Å². The zero-order valence-corrected chi connectivity index (χ0v) is 11.5. The number of nitrogens with zero attached hydrogens (tertiary/aromatic N) is 3. The molecule has 0 aliphatic rings. The maximum atomic E-state index is 5.85. The second-order valence-corrected chi connectivity index (χ2v) is 4.93. The fraction of sp³-hybridized carbons (Fsp3) is 0.333. The van der Waals surface area contributed by atoms with Gasteiger partial charge in [0.2, 0.25) is 0 Å². The molecule has 5 heteroatoms. The Hall–Kier alpha value is -1.36. The molecule has 0 fully saturated rings. The first-order chi connectivity index (χ1) is 8.13. The highest BCUT2D eigenvalue weighted by atomic mass is 79.9. The van der Waals surface area contributed by atoms with Crippen LogP contribution < -0.4 is 5.73 Å². The highest BCUT2D eigenvalue weighted by molar-refractivity contribution is 9.10. The molecule has 17 heavy (non-hydrogen) atoms. The molecule has 2 aromatic rings. The number of aryl methyl sites for hydroxylation is 1. The van der Waals surface area contributed by atoms with Crippen LogP contribution in [-0.2, 0) is 6.42 Å². The quantitative estimate of drug-likeness (QED) is 0.947. The fourth-order valence-corrected chi connectivity index (χ4v) is 2.14. The van der Waals surface area contributed by atoms with E-state index in [0.29, 0.717) is 5.82 Å². The summed E-state index contributed by atoms with van der Waals surface area (Å²) in [6.07, 6.45) is 1.90. The monoisotopic (exact) mass is 294 g/mol. The van der Waals surface area contributed by atoms with Crippen LogP contribution in [0.3, 0.4) is 0 Å². The van der Waals surface area contributed by atoms with E-state index in [1.54, 1.807) is 0 Å². The van der Waals surface area contributed by atoms with E-state index in [4.69, 9.17) is 5.73 Å². The van der Waals surface area contributed by atoms with Crippen molar-refractivity contribution in [2.75, 3.05) is 5.73 Å². The van der Waals surface area contributed by atoms with Crippen LogP contribution in [0.2, 0.25) is 0 Å². The first kappa shape index (κ1) is 12.1. The summed E-state index contributed by atoms with van der Waals surface area (Å²) in [5, 5.41) is 8.09. The molecule has 0 saturated heterocycles. The number of nitrogens with two attached hydrogens (primary N) is 1. The summed E-state index contributed by atoms with van der Waals surface area (Å²) in [6, 6.07) is 6.09.